The standard InChI is InChI=1S/C18H24FN3O/c1-12(9-16-7-5-6-8-17(16)19)18(23)20-14(3)11-22-15(4)10-13(2)21-22/h5-8,10,12,14H,9,11H2,1-4H3,(H,20,23)/t12-,14+/m0/s1. The largest absolute Gasteiger partial charge is 0.352 e. The number of halogens is 1. The Hall–Kier alpha value is -2.17. The third kappa shape index (κ3) is 4.65. The van der Waals surface area contributed by atoms with E-state index in [9.17, 15) is 9.18 Å². The molecule has 0 aliphatic carbocycles. The quantitative estimate of drug-likeness (QED) is 0.890. The molecule has 0 saturated heterocycles. The Morgan fingerprint density at radius 2 is 2.00 bits per heavy atom. The summed E-state index contributed by atoms with van der Waals surface area (Å²) in [7, 11) is 0. The maximum atomic E-state index is 13.7. The minimum absolute atomic E-state index is 0.0384. The second kappa shape index (κ2) is 7.40. The van der Waals surface area contributed by atoms with Crippen LogP contribution in [0.25, 0.3) is 0 Å². The van der Waals surface area contributed by atoms with Gasteiger partial charge in [-0.2, -0.15) is 5.10 Å². The Balaban J connectivity index is 1.90. The number of benzene rings is 1. The number of nitrogens with one attached hydrogen (secondary N) is 1. The molecule has 4 nitrogen and oxygen atoms in total. The first-order valence-corrected chi connectivity index (χ1v) is 7.91. The van der Waals surface area contributed by atoms with Crippen LogP contribution >= 0.6 is 0 Å². The van der Waals surface area contributed by atoms with Gasteiger partial charge in [-0.3, -0.25) is 9.48 Å². The van der Waals surface area contributed by atoms with Gasteiger partial charge in [0.2, 0.25) is 5.91 Å². The zero-order valence-corrected chi connectivity index (χ0v) is 14.1. The Bertz CT molecular complexity index is 681. The predicted octanol–water partition coefficient (Wildman–Crippen LogP) is 3.02. The molecule has 1 N–H and O–H groups in total. The summed E-state index contributed by atoms with van der Waals surface area (Å²) in [5.74, 6) is -0.611. The van der Waals surface area contributed by atoms with Crippen LogP contribution in [0.2, 0.25) is 0 Å². The number of rotatable bonds is 6. The van der Waals surface area contributed by atoms with Gasteiger partial charge >= 0.3 is 0 Å². The molecule has 0 fully saturated rings. The van der Waals surface area contributed by atoms with Crippen molar-refractivity contribution in [3.63, 3.8) is 0 Å². The molecule has 0 bridgehead atoms. The topological polar surface area (TPSA) is 46.9 Å². The molecule has 0 aliphatic rings. The van der Waals surface area contributed by atoms with Gasteiger partial charge in [0, 0.05) is 17.7 Å². The lowest BCUT2D eigenvalue weighted by atomic mass is 9.99. The molecular weight excluding hydrogens is 293 g/mol. The third-order valence-electron chi connectivity index (χ3n) is 3.87. The molecule has 2 atom stereocenters. The van der Waals surface area contributed by atoms with Crippen molar-refractivity contribution < 1.29 is 9.18 Å². The lowest BCUT2D eigenvalue weighted by Crippen LogP contribution is -2.39. The van der Waals surface area contributed by atoms with Gasteiger partial charge in [0.1, 0.15) is 5.82 Å². The number of aryl methyl sites for hydroxylation is 2. The van der Waals surface area contributed by atoms with E-state index in [0.717, 1.165) is 11.4 Å². The zero-order valence-electron chi connectivity index (χ0n) is 14.1. The summed E-state index contributed by atoms with van der Waals surface area (Å²) in [6.45, 7) is 8.33. The molecule has 0 saturated carbocycles. The van der Waals surface area contributed by atoms with Crippen LogP contribution in [0.4, 0.5) is 4.39 Å². The van der Waals surface area contributed by atoms with Crippen LogP contribution in [0.15, 0.2) is 30.3 Å². The van der Waals surface area contributed by atoms with E-state index in [1.54, 1.807) is 18.2 Å². The fourth-order valence-corrected chi connectivity index (χ4v) is 2.64. The van der Waals surface area contributed by atoms with E-state index in [1.807, 2.05) is 38.4 Å². The lowest BCUT2D eigenvalue weighted by Gasteiger charge is -2.18. The monoisotopic (exact) mass is 317 g/mol. The fourth-order valence-electron chi connectivity index (χ4n) is 2.64. The first-order chi connectivity index (χ1) is 10.9. The molecule has 1 heterocycles. The van der Waals surface area contributed by atoms with Crippen LogP contribution in [0.5, 0.6) is 0 Å². The lowest BCUT2D eigenvalue weighted by molar-refractivity contribution is -0.125. The maximum absolute atomic E-state index is 13.7. The van der Waals surface area contributed by atoms with Crippen molar-refractivity contribution in [2.24, 2.45) is 5.92 Å². The number of hydrogen-bond donors (Lipinski definition) is 1. The normalized spacial score (nSPS) is 13.6. The van der Waals surface area contributed by atoms with Crippen molar-refractivity contribution in [2.45, 2.75) is 46.7 Å². The van der Waals surface area contributed by atoms with Gasteiger partial charge in [0.25, 0.3) is 0 Å². The molecule has 23 heavy (non-hydrogen) atoms. The van der Waals surface area contributed by atoms with E-state index in [0.29, 0.717) is 18.5 Å². The number of nitrogens with zero attached hydrogens (tertiary/aromatic N) is 2. The number of carbonyl (C=O) groups excluding carboxylic acids is 1. The summed E-state index contributed by atoms with van der Waals surface area (Å²) in [5.41, 5.74) is 2.61. The second-order valence-corrected chi connectivity index (χ2v) is 6.22. The Kier molecular flexibility index (Phi) is 5.53. The maximum Gasteiger partial charge on any atom is 0.223 e. The van der Waals surface area contributed by atoms with Crippen LogP contribution < -0.4 is 5.32 Å². The number of amides is 1. The summed E-state index contributed by atoms with van der Waals surface area (Å²) in [4.78, 5) is 12.3. The molecule has 5 heteroatoms. The van der Waals surface area contributed by atoms with Crippen LogP contribution in [0.1, 0.15) is 30.8 Å². The van der Waals surface area contributed by atoms with Crippen LogP contribution in [0, 0.1) is 25.6 Å². The van der Waals surface area contributed by atoms with Crippen LogP contribution in [-0.2, 0) is 17.8 Å². The Morgan fingerprint density at radius 3 is 2.61 bits per heavy atom. The average Bonchev–Trinajstić information content (AvgIpc) is 2.79. The van der Waals surface area contributed by atoms with E-state index in [2.05, 4.69) is 10.4 Å². The molecule has 0 spiro atoms. The van der Waals surface area contributed by atoms with Crippen molar-refractivity contribution in [1.29, 1.82) is 0 Å². The first kappa shape index (κ1) is 17.2. The van der Waals surface area contributed by atoms with Crippen molar-refractivity contribution in [3.8, 4) is 0 Å². The first-order valence-electron chi connectivity index (χ1n) is 7.91. The van der Waals surface area contributed by atoms with Crippen molar-refractivity contribution in [2.75, 3.05) is 0 Å². The van der Waals surface area contributed by atoms with Crippen molar-refractivity contribution in [1.82, 2.24) is 15.1 Å². The van der Waals surface area contributed by atoms with Gasteiger partial charge in [-0.1, -0.05) is 25.1 Å². The van der Waals surface area contributed by atoms with Crippen LogP contribution in [0.3, 0.4) is 0 Å². The number of hydrogen-bond acceptors (Lipinski definition) is 2. The van der Waals surface area contributed by atoms with Gasteiger partial charge in [-0.15, -0.1) is 0 Å². The molecule has 0 unspecified atom stereocenters. The fraction of sp³-hybridized carbons (Fsp3) is 0.444. The molecule has 2 aromatic rings. The molecule has 0 radical (unpaired) electrons. The van der Waals surface area contributed by atoms with Crippen LogP contribution in [-0.4, -0.2) is 21.7 Å². The van der Waals surface area contributed by atoms with Gasteiger partial charge in [0.05, 0.1) is 12.2 Å². The van der Waals surface area contributed by atoms with Gasteiger partial charge in [0.15, 0.2) is 0 Å². The summed E-state index contributed by atoms with van der Waals surface area (Å²) in [6, 6.07) is 8.55. The zero-order chi connectivity index (χ0) is 17.0. The number of aromatic nitrogens is 2. The molecular formula is C18H24FN3O. The molecule has 1 aromatic heterocycles. The van der Waals surface area contributed by atoms with Crippen molar-refractivity contribution >= 4 is 5.91 Å². The highest BCUT2D eigenvalue weighted by Crippen LogP contribution is 2.13. The van der Waals surface area contributed by atoms with E-state index < -0.39 is 0 Å². The molecule has 1 amide bonds. The molecule has 0 aliphatic heterocycles. The average molecular weight is 317 g/mol. The minimum Gasteiger partial charge on any atom is -0.352 e. The predicted molar refractivity (Wildman–Crippen MR) is 88.6 cm³/mol. The minimum atomic E-state index is -0.283. The van der Waals surface area contributed by atoms with E-state index in [4.69, 9.17) is 0 Å². The van der Waals surface area contributed by atoms with Gasteiger partial charge in [-0.05, 0) is 44.9 Å². The highest BCUT2D eigenvalue weighted by molar-refractivity contribution is 5.78. The third-order valence-corrected chi connectivity index (χ3v) is 3.87. The Labute approximate surface area is 136 Å². The number of carbonyl (C=O) groups is 1. The SMILES string of the molecule is Cc1cc(C)n(C[C@@H](C)NC(=O)[C@@H](C)Cc2ccccc2F)n1. The second-order valence-electron chi connectivity index (χ2n) is 6.22. The van der Waals surface area contributed by atoms with E-state index >= 15 is 0 Å². The van der Waals surface area contributed by atoms with E-state index in [1.165, 1.54) is 6.07 Å². The van der Waals surface area contributed by atoms with E-state index in [-0.39, 0.29) is 23.7 Å². The molecule has 124 valence electrons. The van der Waals surface area contributed by atoms with Gasteiger partial charge < -0.3 is 5.32 Å². The summed E-state index contributed by atoms with van der Waals surface area (Å²) >= 11 is 0. The molecule has 1 aromatic carbocycles. The summed E-state index contributed by atoms with van der Waals surface area (Å²) in [6.07, 6.45) is 0.394. The summed E-state index contributed by atoms with van der Waals surface area (Å²) < 4.78 is 15.6. The van der Waals surface area contributed by atoms with Gasteiger partial charge in [-0.25, -0.2) is 4.39 Å². The highest BCUT2D eigenvalue weighted by Gasteiger charge is 2.18. The van der Waals surface area contributed by atoms with Crippen molar-refractivity contribution in [3.05, 3.63) is 53.1 Å². The molecule has 2 rings (SSSR count). The smallest absolute Gasteiger partial charge is 0.223 e. The summed E-state index contributed by atoms with van der Waals surface area (Å²) in [5, 5.41) is 7.38. The highest BCUT2D eigenvalue weighted by atomic mass is 19.1. The Morgan fingerprint density at radius 1 is 1.30 bits per heavy atom.